The van der Waals surface area contributed by atoms with Crippen molar-refractivity contribution in [3.63, 3.8) is 0 Å². The molecule has 1 N–H and O–H groups in total. The van der Waals surface area contributed by atoms with Crippen molar-refractivity contribution in [2.75, 3.05) is 5.32 Å². The maximum atomic E-state index is 12.9. The minimum absolute atomic E-state index is 0.0645. The Balaban J connectivity index is 2.43. The van der Waals surface area contributed by atoms with Crippen LogP contribution in [-0.4, -0.2) is 28.0 Å². The zero-order valence-corrected chi connectivity index (χ0v) is 9.49. The summed E-state index contributed by atoms with van der Waals surface area (Å²) in [6, 6.07) is -1.09. The molecule has 1 aliphatic heterocycles. The summed E-state index contributed by atoms with van der Waals surface area (Å²) in [5, 5.41) is 16.9. The van der Waals surface area contributed by atoms with E-state index in [1.54, 1.807) is 6.92 Å². The summed E-state index contributed by atoms with van der Waals surface area (Å²) in [6.45, 7) is 1.76. The summed E-state index contributed by atoms with van der Waals surface area (Å²) in [7, 11) is 0. The lowest BCUT2D eigenvalue weighted by Crippen LogP contribution is -2.39. The summed E-state index contributed by atoms with van der Waals surface area (Å²) in [5.41, 5.74) is -0.497. The fraction of sp³-hybridized carbons (Fsp3) is 0.600. The number of hydrogen-bond donors (Lipinski definition) is 1. The van der Waals surface area contributed by atoms with E-state index in [4.69, 9.17) is 0 Å². The van der Waals surface area contributed by atoms with Crippen LogP contribution in [0.3, 0.4) is 0 Å². The summed E-state index contributed by atoms with van der Waals surface area (Å²) in [6.07, 6.45) is -4.11. The molecule has 0 amide bonds. The van der Waals surface area contributed by atoms with E-state index in [-0.39, 0.29) is 18.3 Å². The highest BCUT2D eigenvalue weighted by Crippen LogP contribution is 2.39. The number of rotatable bonds is 2. The molecule has 2 atom stereocenters. The van der Waals surface area contributed by atoms with Gasteiger partial charge in [0.25, 0.3) is 0 Å². The highest BCUT2D eigenvalue weighted by atomic mass is 19.4. The van der Waals surface area contributed by atoms with Crippen LogP contribution in [0.25, 0.3) is 0 Å². The lowest BCUT2D eigenvalue weighted by Gasteiger charge is -2.32. The largest absolute Gasteiger partial charge is 0.543 e. The molecule has 0 saturated heterocycles. The van der Waals surface area contributed by atoms with Crippen LogP contribution in [0.5, 0.6) is 0 Å². The van der Waals surface area contributed by atoms with E-state index in [9.17, 15) is 23.1 Å². The Kier molecular flexibility index (Phi) is 2.95. The molecule has 0 spiro atoms. The van der Waals surface area contributed by atoms with Crippen molar-refractivity contribution in [3.05, 3.63) is 11.8 Å². The minimum atomic E-state index is -4.46. The van der Waals surface area contributed by atoms with E-state index < -0.39 is 23.9 Å². The van der Waals surface area contributed by atoms with Crippen LogP contribution >= 0.6 is 0 Å². The Bertz CT molecular complexity index is 469. The Labute approximate surface area is 101 Å². The number of hydrogen-bond acceptors (Lipinski definition) is 4. The van der Waals surface area contributed by atoms with Gasteiger partial charge in [-0.3, -0.25) is 0 Å². The maximum absolute atomic E-state index is 12.9. The molecular weight excluding hydrogens is 251 g/mol. The molecule has 0 bridgehead atoms. The number of carboxylic acids is 1. The third-order valence-electron chi connectivity index (χ3n) is 2.97. The highest BCUT2D eigenvalue weighted by molar-refractivity contribution is 5.84. The Hall–Kier alpha value is -1.73. The van der Waals surface area contributed by atoms with Gasteiger partial charge in [0.2, 0.25) is 0 Å². The molecule has 2 rings (SSSR count). The third-order valence-corrected chi connectivity index (χ3v) is 2.97. The van der Waals surface area contributed by atoms with Crippen molar-refractivity contribution in [2.24, 2.45) is 0 Å². The molecule has 8 heteroatoms. The lowest BCUT2D eigenvalue weighted by molar-refractivity contribution is -0.255. The molecule has 2 heterocycles. The second-order valence-electron chi connectivity index (χ2n) is 4.19. The van der Waals surface area contributed by atoms with E-state index in [1.807, 2.05) is 0 Å². The molecule has 1 aromatic heterocycles. The van der Waals surface area contributed by atoms with E-state index in [1.165, 1.54) is 0 Å². The quantitative estimate of drug-likeness (QED) is 0.861. The number of nitrogens with zero attached hydrogens (tertiary/aromatic N) is 2. The van der Waals surface area contributed by atoms with Crippen molar-refractivity contribution in [1.29, 1.82) is 0 Å². The molecule has 0 saturated carbocycles. The molecule has 100 valence electrons. The minimum Gasteiger partial charge on any atom is -0.543 e. The number of halogens is 3. The van der Waals surface area contributed by atoms with Gasteiger partial charge in [0, 0.05) is 12.1 Å². The molecule has 5 nitrogen and oxygen atoms in total. The van der Waals surface area contributed by atoms with Crippen LogP contribution in [0.1, 0.15) is 36.3 Å². The number of carbonyl (C=O) groups excluding carboxylic acids is 1. The number of carboxylic acid groups (broad SMARTS) is 1. The molecule has 1 aliphatic rings. The molecule has 1 aromatic rings. The molecule has 0 fully saturated rings. The first-order chi connectivity index (χ1) is 8.32. The molecule has 0 aliphatic carbocycles. The second-order valence-corrected chi connectivity index (χ2v) is 4.19. The molecule has 18 heavy (non-hydrogen) atoms. The number of aromatic carboxylic acids is 1. The average molecular weight is 262 g/mol. The maximum Gasteiger partial charge on any atom is 0.410 e. The first-order valence-electron chi connectivity index (χ1n) is 5.47. The summed E-state index contributed by atoms with van der Waals surface area (Å²) < 4.78 is 39.3. The van der Waals surface area contributed by atoms with Gasteiger partial charge in [0.05, 0.1) is 5.97 Å². The Morgan fingerprint density at radius 3 is 2.83 bits per heavy atom. The fourth-order valence-electron chi connectivity index (χ4n) is 2.02. The first-order valence-corrected chi connectivity index (χ1v) is 5.47. The predicted octanol–water partition coefficient (Wildman–Crippen LogP) is 0.944. The Morgan fingerprint density at radius 1 is 1.67 bits per heavy atom. The summed E-state index contributed by atoms with van der Waals surface area (Å²) in [5.74, 6) is -1.53. The molecule has 0 aromatic carbocycles. The third kappa shape index (κ3) is 2.14. The standard InChI is InChI=1S/C10H12F3N3O2/c1-2-5-3-7(10(11,12)13)16-8(14-5)4-6(15-16)9(17)18/h4-5,7,14H,2-3H2,1H3,(H,17,18)/p-1/t5-,7+/m0/s1. The van der Waals surface area contributed by atoms with Crippen molar-refractivity contribution in [1.82, 2.24) is 9.78 Å². The van der Waals surface area contributed by atoms with Crippen molar-refractivity contribution < 1.29 is 23.1 Å². The van der Waals surface area contributed by atoms with Crippen LogP contribution in [0.4, 0.5) is 19.0 Å². The summed E-state index contributed by atoms with van der Waals surface area (Å²) >= 11 is 0. The fourth-order valence-corrected chi connectivity index (χ4v) is 2.02. The van der Waals surface area contributed by atoms with Crippen LogP contribution in [0.2, 0.25) is 0 Å². The zero-order valence-electron chi connectivity index (χ0n) is 9.49. The van der Waals surface area contributed by atoms with E-state index in [2.05, 4.69) is 10.4 Å². The van der Waals surface area contributed by atoms with Gasteiger partial charge in [0.1, 0.15) is 11.5 Å². The van der Waals surface area contributed by atoms with Crippen molar-refractivity contribution in [2.45, 2.75) is 38.0 Å². The van der Waals surface area contributed by atoms with Crippen molar-refractivity contribution in [3.8, 4) is 0 Å². The van der Waals surface area contributed by atoms with Crippen LogP contribution in [-0.2, 0) is 0 Å². The monoisotopic (exact) mass is 262 g/mol. The van der Waals surface area contributed by atoms with Gasteiger partial charge in [-0.2, -0.15) is 18.3 Å². The number of fused-ring (bicyclic) bond motifs is 1. The molecular formula is C10H11F3N3O2-. The van der Waals surface area contributed by atoms with Gasteiger partial charge in [-0.05, 0) is 12.8 Å². The van der Waals surface area contributed by atoms with Gasteiger partial charge in [-0.15, -0.1) is 0 Å². The lowest BCUT2D eigenvalue weighted by atomic mass is 10.0. The van der Waals surface area contributed by atoms with E-state index >= 15 is 0 Å². The van der Waals surface area contributed by atoms with Crippen LogP contribution < -0.4 is 10.4 Å². The molecule has 0 radical (unpaired) electrons. The van der Waals surface area contributed by atoms with Gasteiger partial charge in [-0.1, -0.05) is 6.92 Å². The second kappa shape index (κ2) is 4.18. The number of nitrogens with one attached hydrogen (secondary N) is 1. The molecule has 0 unspecified atom stereocenters. The van der Waals surface area contributed by atoms with Gasteiger partial charge < -0.3 is 15.2 Å². The van der Waals surface area contributed by atoms with Gasteiger partial charge >= 0.3 is 6.18 Å². The van der Waals surface area contributed by atoms with Crippen LogP contribution in [0.15, 0.2) is 6.07 Å². The van der Waals surface area contributed by atoms with Gasteiger partial charge in [-0.25, -0.2) is 4.68 Å². The average Bonchev–Trinajstić information content (AvgIpc) is 2.69. The highest BCUT2D eigenvalue weighted by Gasteiger charge is 2.45. The number of aromatic nitrogens is 2. The number of carbonyl (C=O) groups is 1. The smallest absolute Gasteiger partial charge is 0.410 e. The summed E-state index contributed by atoms with van der Waals surface area (Å²) in [4.78, 5) is 10.6. The number of anilines is 1. The predicted molar refractivity (Wildman–Crippen MR) is 54.0 cm³/mol. The first kappa shape index (κ1) is 12.7. The van der Waals surface area contributed by atoms with Gasteiger partial charge in [0.15, 0.2) is 6.04 Å². The van der Waals surface area contributed by atoms with Crippen molar-refractivity contribution >= 4 is 11.8 Å². The van der Waals surface area contributed by atoms with Crippen LogP contribution in [0, 0.1) is 0 Å². The SMILES string of the molecule is CC[C@H]1C[C@H](C(F)(F)F)n2nc(C(=O)[O-])cc2N1. The number of alkyl halides is 3. The normalized spacial score (nSPS) is 23.3. The Morgan fingerprint density at radius 2 is 2.33 bits per heavy atom. The van der Waals surface area contributed by atoms with E-state index in [0.717, 1.165) is 6.07 Å². The topological polar surface area (TPSA) is 70.0 Å². The van der Waals surface area contributed by atoms with E-state index in [0.29, 0.717) is 11.1 Å². The zero-order chi connectivity index (χ0) is 13.5.